The van der Waals surface area contributed by atoms with E-state index in [-0.39, 0.29) is 0 Å². The van der Waals surface area contributed by atoms with Gasteiger partial charge in [-0.1, -0.05) is 18.5 Å². The topological polar surface area (TPSA) is 25.4 Å². The fourth-order valence-corrected chi connectivity index (χ4v) is 2.01. The van der Waals surface area contributed by atoms with Gasteiger partial charge in [-0.05, 0) is 31.8 Å². The summed E-state index contributed by atoms with van der Waals surface area (Å²) in [6, 6.07) is 7.93. The standard InChI is InChI=1S/C14H17ClN2O/c1-4-17(2)9-11-7-10-5-6-12(18-3)8-13(10)16-14(11)15/h5-8H,4,9H2,1-3H3. The van der Waals surface area contributed by atoms with Crippen LogP contribution in [0.5, 0.6) is 5.75 Å². The lowest BCUT2D eigenvalue weighted by Crippen LogP contribution is -2.17. The van der Waals surface area contributed by atoms with Crippen molar-refractivity contribution < 1.29 is 4.74 Å². The van der Waals surface area contributed by atoms with Gasteiger partial charge in [-0.3, -0.25) is 0 Å². The van der Waals surface area contributed by atoms with Crippen LogP contribution in [-0.4, -0.2) is 30.6 Å². The molecule has 0 saturated carbocycles. The third-order valence-electron chi connectivity index (χ3n) is 3.03. The number of nitrogens with zero attached hydrogens (tertiary/aromatic N) is 2. The molecule has 96 valence electrons. The molecule has 1 heterocycles. The summed E-state index contributed by atoms with van der Waals surface area (Å²) in [5.41, 5.74) is 1.92. The van der Waals surface area contributed by atoms with Crippen LogP contribution in [0, 0.1) is 0 Å². The number of hydrogen-bond donors (Lipinski definition) is 0. The number of aromatic nitrogens is 1. The second-order valence-corrected chi connectivity index (χ2v) is 4.69. The maximum atomic E-state index is 6.22. The van der Waals surface area contributed by atoms with Gasteiger partial charge in [0.1, 0.15) is 10.9 Å². The molecule has 3 nitrogen and oxygen atoms in total. The molecule has 0 spiro atoms. The monoisotopic (exact) mass is 264 g/mol. The van der Waals surface area contributed by atoms with Crippen molar-refractivity contribution in [1.82, 2.24) is 9.88 Å². The summed E-state index contributed by atoms with van der Waals surface area (Å²) in [7, 11) is 3.71. The number of methoxy groups -OCH3 is 1. The van der Waals surface area contributed by atoms with E-state index < -0.39 is 0 Å². The van der Waals surface area contributed by atoms with Gasteiger partial charge in [0, 0.05) is 23.6 Å². The molecule has 0 aliphatic rings. The lowest BCUT2D eigenvalue weighted by Gasteiger charge is -2.15. The minimum atomic E-state index is 0.566. The molecular formula is C14H17ClN2O. The molecule has 4 heteroatoms. The molecule has 0 fully saturated rings. The second kappa shape index (κ2) is 5.55. The van der Waals surface area contributed by atoms with Crippen molar-refractivity contribution in [2.24, 2.45) is 0 Å². The Morgan fingerprint density at radius 1 is 1.33 bits per heavy atom. The smallest absolute Gasteiger partial charge is 0.134 e. The van der Waals surface area contributed by atoms with Crippen molar-refractivity contribution in [3.8, 4) is 5.75 Å². The van der Waals surface area contributed by atoms with Crippen LogP contribution in [0.4, 0.5) is 0 Å². The van der Waals surface area contributed by atoms with Crippen molar-refractivity contribution in [3.63, 3.8) is 0 Å². The highest BCUT2D eigenvalue weighted by molar-refractivity contribution is 6.30. The molecule has 0 atom stereocenters. The largest absolute Gasteiger partial charge is 0.497 e. The van der Waals surface area contributed by atoms with Crippen LogP contribution in [0.25, 0.3) is 10.9 Å². The minimum Gasteiger partial charge on any atom is -0.497 e. The SMILES string of the molecule is CCN(C)Cc1cc2ccc(OC)cc2nc1Cl. The second-order valence-electron chi connectivity index (χ2n) is 4.33. The van der Waals surface area contributed by atoms with Crippen molar-refractivity contribution in [2.75, 3.05) is 20.7 Å². The Kier molecular flexibility index (Phi) is 4.04. The number of ether oxygens (including phenoxy) is 1. The van der Waals surface area contributed by atoms with E-state index in [4.69, 9.17) is 16.3 Å². The van der Waals surface area contributed by atoms with Crippen LogP contribution in [0.3, 0.4) is 0 Å². The van der Waals surface area contributed by atoms with Crippen molar-refractivity contribution >= 4 is 22.5 Å². The highest BCUT2D eigenvalue weighted by Gasteiger charge is 2.07. The maximum absolute atomic E-state index is 6.22. The first-order chi connectivity index (χ1) is 8.63. The molecule has 0 aliphatic carbocycles. The highest BCUT2D eigenvalue weighted by Crippen LogP contribution is 2.24. The Bertz CT molecular complexity index is 557. The third kappa shape index (κ3) is 2.74. The van der Waals surface area contributed by atoms with Gasteiger partial charge in [-0.15, -0.1) is 0 Å². The van der Waals surface area contributed by atoms with Gasteiger partial charge in [-0.2, -0.15) is 0 Å². The predicted octanol–water partition coefficient (Wildman–Crippen LogP) is 3.35. The number of halogens is 1. The quantitative estimate of drug-likeness (QED) is 0.792. The Morgan fingerprint density at radius 2 is 2.11 bits per heavy atom. The fraction of sp³-hybridized carbons (Fsp3) is 0.357. The summed E-state index contributed by atoms with van der Waals surface area (Å²) in [5, 5.41) is 1.65. The molecule has 0 N–H and O–H groups in total. The first-order valence-electron chi connectivity index (χ1n) is 5.95. The summed E-state index contributed by atoms with van der Waals surface area (Å²) in [6.07, 6.45) is 0. The van der Waals surface area contributed by atoms with Crippen LogP contribution < -0.4 is 4.74 Å². The molecule has 0 unspecified atom stereocenters. The highest BCUT2D eigenvalue weighted by atomic mass is 35.5. The fourth-order valence-electron chi connectivity index (χ4n) is 1.81. The molecule has 0 saturated heterocycles. The van der Waals surface area contributed by atoms with Crippen molar-refractivity contribution in [1.29, 1.82) is 0 Å². The van der Waals surface area contributed by atoms with Gasteiger partial charge in [0.2, 0.25) is 0 Å². The average Bonchev–Trinajstić information content (AvgIpc) is 2.38. The van der Waals surface area contributed by atoms with Crippen molar-refractivity contribution in [2.45, 2.75) is 13.5 Å². The summed E-state index contributed by atoms with van der Waals surface area (Å²) in [5.74, 6) is 0.796. The van der Waals surface area contributed by atoms with Crippen LogP contribution in [0.1, 0.15) is 12.5 Å². The normalized spacial score (nSPS) is 11.2. The van der Waals surface area contributed by atoms with E-state index in [1.54, 1.807) is 7.11 Å². The maximum Gasteiger partial charge on any atom is 0.134 e. The number of pyridine rings is 1. The first kappa shape index (κ1) is 13.1. The van der Waals surface area contributed by atoms with Crippen molar-refractivity contribution in [3.05, 3.63) is 35.0 Å². The van der Waals surface area contributed by atoms with Crippen LogP contribution in [0.2, 0.25) is 5.15 Å². The van der Waals surface area contributed by atoms with E-state index in [1.165, 1.54) is 0 Å². The van der Waals surface area contributed by atoms with E-state index >= 15 is 0 Å². The Hall–Kier alpha value is -1.32. The van der Waals surface area contributed by atoms with E-state index in [0.29, 0.717) is 5.15 Å². The molecule has 0 aliphatic heterocycles. The average molecular weight is 265 g/mol. The van der Waals surface area contributed by atoms with Crippen LogP contribution >= 0.6 is 11.6 Å². The molecule has 1 aromatic heterocycles. The lowest BCUT2D eigenvalue weighted by molar-refractivity contribution is 0.345. The molecular weight excluding hydrogens is 248 g/mol. The van der Waals surface area contributed by atoms with Gasteiger partial charge in [-0.25, -0.2) is 4.98 Å². The van der Waals surface area contributed by atoms with Gasteiger partial charge in [0.25, 0.3) is 0 Å². The van der Waals surface area contributed by atoms with Gasteiger partial charge in [0.15, 0.2) is 0 Å². The zero-order valence-corrected chi connectivity index (χ0v) is 11.7. The summed E-state index contributed by atoms with van der Waals surface area (Å²) in [6.45, 7) is 3.91. The lowest BCUT2D eigenvalue weighted by atomic mass is 10.1. The zero-order chi connectivity index (χ0) is 13.1. The molecule has 18 heavy (non-hydrogen) atoms. The molecule has 0 bridgehead atoms. The van der Waals surface area contributed by atoms with Crippen LogP contribution in [0.15, 0.2) is 24.3 Å². The number of hydrogen-bond acceptors (Lipinski definition) is 3. The number of fused-ring (bicyclic) bond motifs is 1. The Morgan fingerprint density at radius 3 is 2.78 bits per heavy atom. The Labute approximate surface area is 112 Å². The van der Waals surface area contributed by atoms with Crippen LogP contribution in [-0.2, 0) is 6.54 Å². The summed E-state index contributed by atoms with van der Waals surface area (Å²) >= 11 is 6.22. The number of rotatable bonds is 4. The predicted molar refractivity (Wildman–Crippen MR) is 75.3 cm³/mol. The molecule has 2 aromatic rings. The summed E-state index contributed by atoms with van der Waals surface area (Å²) < 4.78 is 5.18. The molecule has 0 amide bonds. The number of benzene rings is 1. The van der Waals surface area contributed by atoms with Gasteiger partial charge < -0.3 is 9.64 Å². The first-order valence-corrected chi connectivity index (χ1v) is 6.33. The molecule has 0 radical (unpaired) electrons. The minimum absolute atomic E-state index is 0.566. The van der Waals surface area contributed by atoms with E-state index in [0.717, 1.165) is 35.3 Å². The van der Waals surface area contributed by atoms with Gasteiger partial charge in [0.05, 0.1) is 12.6 Å². The summed E-state index contributed by atoms with van der Waals surface area (Å²) in [4.78, 5) is 6.62. The third-order valence-corrected chi connectivity index (χ3v) is 3.36. The van der Waals surface area contributed by atoms with Gasteiger partial charge >= 0.3 is 0 Å². The molecule has 1 aromatic carbocycles. The van der Waals surface area contributed by atoms with E-state index in [2.05, 4.69) is 29.9 Å². The van der Waals surface area contributed by atoms with E-state index in [9.17, 15) is 0 Å². The Balaban J connectivity index is 2.42. The zero-order valence-electron chi connectivity index (χ0n) is 10.9. The van der Waals surface area contributed by atoms with E-state index in [1.807, 2.05) is 18.2 Å². The molecule has 2 rings (SSSR count).